The van der Waals surface area contributed by atoms with Gasteiger partial charge in [-0.3, -0.25) is 14.6 Å². The van der Waals surface area contributed by atoms with E-state index >= 15 is 0 Å². The second kappa shape index (κ2) is 15.2. The first-order chi connectivity index (χ1) is 23.4. The number of nitrogens with one attached hydrogen (secondary N) is 2. The van der Waals surface area contributed by atoms with Crippen LogP contribution in [0.2, 0.25) is 5.02 Å². The quantitative estimate of drug-likeness (QED) is 0.226. The van der Waals surface area contributed by atoms with Crippen LogP contribution in [0.3, 0.4) is 0 Å². The predicted octanol–water partition coefficient (Wildman–Crippen LogP) is 5.51. The lowest BCUT2D eigenvalue weighted by molar-refractivity contribution is -0.134. The first-order valence-corrected chi connectivity index (χ1v) is 16.6. The van der Waals surface area contributed by atoms with E-state index in [1.54, 1.807) is 55.8 Å². The van der Waals surface area contributed by atoms with Gasteiger partial charge in [0.05, 0.1) is 44.3 Å². The number of para-hydroxylation sites is 1. The highest BCUT2D eigenvalue weighted by atomic mass is 35.5. The summed E-state index contributed by atoms with van der Waals surface area (Å²) in [6.45, 7) is 1.78. The van der Waals surface area contributed by atoms with Gasteiger partial charge in [0.15, 0.2) is 5.75 Å². The molecule has 2 unspecified atom stereocenters. The highest BCUT2D eigenvalue weighted by Crippen LogP contribution is 2.42. The maximum Gasteiger partial charge on any atom is 0.263 e. The fourth-order valence-electron chi connectivity index (χ4n) is 6.87. The van der Waals surface area contributed by atoms with Crippen molar-refractivity contribution < 1.29 is 33.3 Å². The molecule has 6 rings (SSSR count). The van der Waals surface area contributed by atoms with Gasteiger partial charge in [0.25, 0.3) is 11.8 Å². The Bertz CT molecular complexity index is 1680. The first-order valence-electron chi connectivity index (χ1n) is 16.2. The zero-order valence-corrected chi connectivity index (χ0v) is 28.2. The number of amides is 2. The van der Waals surface area contributed by atoms with Gasteiger partial charge in [-0.05, 0) is 56.0 Å². The molecule has 2 fully saturated rings. The van der Waals surface area contributed by atoms with Gasteiger partial charge in [0.1, 0.15) is 29.4 Å². The Morgan fingerprint density at radius 2 is 1.90 bits per heavy atom. The van der Waals surface area contributed by atoms with Gasteiger partial charge in [-0.2, -0.15) is 0 Å². The molecule has 0 spiro atoms. The van der Waals surface area contributed by atoms with E-state index in [-0.39, 0.29) is 36.1 Å². The van der Waals surface area contributed by atoms with Gasteiger partial charge < -0.3 is 39.2 Å². The van der Waals surface area contributed by atoms with Crippen molar-refractivity contribution in [1.29, 1.82) is 0 Å². The van der Waals surface area contributed by atoms with E-state index in [4.69, 9.17) is 35.3 Å². The summed E-state index contributed by atoms with van der Waals surface area (Å²) in [4.78, 5) is 34.9. The molecule has 2 aliphatic heterocycles. The summed E-state index contributed by atoms with van der Waals surface area (Å²) in [5.74, 6) is 1.19. The lowest BCUT2D eigenvalue weighted by atomic mass is 9.88. The molecule has 3 heterocycles. The zero-order chi connectivity index (χ0) is 33.6. The molecule has 1 saturated heterocycles. The number of ether oxygens (including phenoxy) is 5. The maximum atomic E-state index is 14.6. The molecule has 1 aliphatic carbocycles. The van der Waals surface area contributed by atoms with Crippen LogP contribution in [0.5, 0.6) is 23.0 Å². The van der Waals surface area contributed by atoms with Crippen LogP contribution in [0.1, 0.15) is 43.2 Å². The van der Waals surface area contributed by atoms with Crippen molar-refractivity contribution >= 4 is 29.1 Å². The molecule has 2 amide bonds. The average Bonchev–Trinajstić information content (AvgIpc) is 3.81. The molecule has 3 aromatic rings. The van der Waals surface area contributed by atoms with Gasteiger partial charge >= 0.3 is 0 Å². The van der Waals surface area contributed by atoms with Crippen molar-refractivity contribution in [2.24, 2.45) is 5.92 Å². The van der Waals surface area contributed by atoms with Crippen molar-refractivity contribution in [3.8, 4) is 23.0 Å². The van der Waals surface area contributed by atoms with E-state index < -0.39 is 5.91 Å². The summed E-state index contributed by atoms with van der Waals surface area (Å²) in [5.41, 5.74) is 2.70. The highest BCUT2D eigenvalue weighted by molar-refractivity contribution is 6.33. The molecular weight excluding hydrogens is 636 g/mol. The van der Waals surface area contributed by atoms with Gasteiger partial charge in [0.2, 0.25) is 0 Å². The topological polar surface area (TPSA) is 120 Å². The van der Waals surface area contributed by atoms with E-state index in [1.165, 1.54) is 7.11 Å². The number of pyridine rings is 1. The number of anilines is 1. The van der Waals surface area contributed by atoms with Crippen molar-refractivity contribution in [3.05, 3.63) is 82.3 Å². The van der Waals surface area contributed by atoms with Crippen LogP contribution >= 0.6 is 11.6 Å². The zero-order valence-electron chi connectivity index (χ0n) is 27.4. The van der Waals surface area contributed by atoms with Crippen LogP contribution in [0.25, 0.3) is 0 Å². The maximum absolute atomic E-state index is 14.6. The van der Waals surface area contributed by atoms with E-state index in [1.807, 2.05) is 18.2 Å². The number of hydrogen-bond donors (Lipinski definition) is 2. The molecule has 48 heavy (non-hydrogen) atoms. The Morgan fingerprint density at radius 1 is 1.02 bits per heavy atom. The van der Waals surface area contributed by atoms with Crippen molar-refractivity contribution in [2.75, 3.05) is 39.9 Å². The number of halogens is 1. The number of methoxy groups -OCH3 is 3. The summed E-state index contributed by atoms with van der Waals surface area (Å²) < 4.78 is 28.4. The summed E-state index contributed by atoms with van der Waals surface area (Å²) in [7, 11) is 4.66. The number of fused-ring (bicyclic) bond motifs is 1. The van der Waals surface area contributed by atoms with Crippen LogP contribution in [-0.4, -0.2) is 68.4 Å². The van der Waals surface area contributed by atoms with E-state index in [2.05, 4.69) is 15.6 Å². The van der Waals surface area contributed by atoms with Crippen LogP contribution in [0.4, 0.5) is 5.69 Å². The molecule has 3 atom stereocenters. The van der Waals surface area contributed by atoms with E-state index in [0.717, 1.165) is 49.8 Å². The number of carbonyl (C=O) groups is 2. The molecular formula is C36H41ClN4O7. The van der Waals surface area contributed by atoms with E-state index in [9.17, 15) is 9.59 Å². The van der Waals surface area contributed by atoms with Gasteiger partial charge in [-0.25, -0.2) is 0 Å². The van der Waals surface area contributed by atoms with Crippen LogP contribution in [-0.2, 0) is 27.4 Å². The minimum atomic E-state index is -0.551. The number of carbonyl (C=O) groups excluding carboxylic acids is 2. The Morgan fingerprint density at radius 3 is 2.67 bits per heavy atom. The third kappa shape index (κ3) is 7.02. The Hall–Kier alpha value is -4.48. The molecule has 11 nitrogen and oxygen atoms in total. The monoisotopic (exact) mass is 676 g/mol. The number of hydrogen-bond acceptors (Lipinski definition) is 9. The van der Waals surface area contributed by atoms with Crippen molar-refractivity contribution in [3.63, 3.8) is 0 Å². The molecule has 254 valence electrons. The fourth-order valence-corrected chi connectivity index (χ4v) is 7.12. The molecule has 1 aromatic heterocycles. The minimum absolute atomic E-state index is 0.0449. The summed E-state index contributed by atoms with van der Waals surface area (Å²) in [6, 6.07) is 12.4. The summed E-state index contributed by atoms with van der Waals surface area (Å²) >= 11 is 6.37. The van der Waals surface area contributed by atoms with Crippen molar-refractivity contribution in [2.45, 2.75) is 57.3 Å². The number of aromatic nitrogens is 1. The second-order valence-corrected chi connectivity index (χ2v) is 12.5. The molecule has 2 aromatic carbocycles. The average molecular weight is 677 g/mol. The minimum Gasteiger partial charge on any atom is -0.497 e. The van der Waals surface area contributed by atoms with Crippen molar-refractivity contribution in [1.82, 2.24) is 15.2 Å². The largest absolute Gasteiger partial charge is 0.497 e. The lowest BCUT2D eigenvalue weighted by Crippen LogP contribution is -2.51. The Balaban J connectivity index is 1.34. The van der Waals surface area contributed by atoms with Gasteiger partial charge in [0, 0.05) is 60.7 Å². The van der Waals surface area contributed by atoms with E-state index in [0.29, 0.717) is 52.6 Å². The predicted molar refractivity (Wildman–Crippen MR) is 180 cm³/mol. The first kappa shape index (κ1) is 33.4. The number of nitrogens with zero attached hydrogens (tertiary/aromatic N) is 2. The molecule has 12 heteroatoms. The lowest BCUT2D eigenvalue weighted by Gasteiger charge is -2.40. The molecule has 0 radical (unpaired) electrons. The van der Waals surface area contributed by atoms with Crippen LogP contribution < -0.4 is 29.6 Å². The summed E-state index contributed by atoms with van der Waals surface area (Å²) in [6.07, 6.45) is 7.96. The fraction of sp³-hybridized carbons (Fsp3) is 0.417. The molecule has 0 bridgehead atoms. The molecule has 2 N–H and O–H groups in total. The molecule has 1 saturated carbocycles. The van der Waals surface area contributed by atoms with Gasteiger partial charge in [-0.15, -0.1) is 0 Å². The third-order valence-corrected chi connectivity index (χ3v) is 9.56. The van der Waals surface area contributed by atoms with Gasteiger partial charge in [-0.1, -0.05) is 24.1 Å². The smallest absolute Gasteiger partial charge is 0.263 e. The Kier molecular flexibility index (Phi) is 10.6. The highest BCUT2D eigenvalue weighted by Gasteiger charge is 2.46. The molecule has 3 aliphatic rings. The standard InChI is InChI=1S/C36H41ClN4O7/c1-44-24-13-12-23(30(17-24)45-2)20-41-29-11-4-8-26(29)33(32(36(41)43)35(42)40-28-10-5-9-27(37)34(28)46-3)39-18-22-14-15-38-19-31(22)48-21-25-7-6-16-47-25/h5,9-10,12-15,17,19,25-26,29,39H,4,6-8,11,16,18,20-21H2,1-3H3,(H,40,42)/t25-,26?,29?/m0/s1. The number of rotatable bonds is 13. The SMILES string of the molecule is COc1ccc(CN2C(=O)C(C(=O)Nc3cccc(Cl)c3OC)=C(NCc3ccncc3OC[C@@H]3CCCO3)C3CCCC32)c(OC)c1. The van der Waals surface area contributed by atoms with Crippen LogP contribution in [0.15, 0.2) is 66.1 Å². The second-order valence-electron chi connectivity index (χ2n) is 12.1. The normalized spacial score (nSPS) is 20.4. The third-order valence-electron chi connectivity index (χ3n) is 9.26. The Labute approximate surface area is 285 Å². The number of benzene rings is 2. The summed E-state index contributed by atoms with van der Waals surface area (Å²) in [5, 5.41) is 6.78. The van der Waals surface area contributed by atoms with Crippen LogP contribution in [0, 0.1) is 5.92 Å².